The number of benzene rings is 1. The lowest BCUT2D eigenvalue weighted by atomic mass is 10.1. The van der Waals surface area contributed by atoms with Gasteiger partial charge in [0.2, 0.25) is 0 Å². The number of carbonyl (C=O) groups is 1. The maximum atomic E-state index is 12.4. The normalized spacial score (nSPS) is 12.8. The highest BCUT2D eigenvalue weighted by molar-refractivity contribution is 7.13. The SMILES string of the molecule is CCNC(=NCc1csc(N(C)C)n1)NCC(NC(=O)OC(C)(C)C)c1ccccc1. The zero-order valence-electron chi connectivity index (χ0n) is 19.2. The smallest absolute Gasteiger partial charge is 0.408 e. The number of aliphatic imine (C=N–C) groups is 1. The van der Waals surface area contributed by atoms with Gasteiger partial charge in [0.15, 0.2) is 11.1 Å². The van der Waals surface area contributed by atoms with Crippen molar-refractivity contribution in [1.82, 2.24) is 20.9 Å². The van der Waals surface area contributed by atoms with Gasteiger partial charge in [-0.25, -0.2) is 14.8 Å². The number of hydrogen-bond donors (Lipinski definition) is 3. The molecule has 1 heterocycles. The minimum Gasteiger partial charge on any atom is -0.444 e. The summed E-state index contributed by atoms with van der Waals surface area (Å²) in [5.41, 5.74) is 1.33. The highest BCUT2D eigenvalue weighted by atomic mass is 32.1. The molecule has 1 aromatic heterocycles. The van der Waals surface area contributed by atoms with E-state index in [-0.39, 0.29) is 6.04 Å². The molecule has 0 aliphatic heterocycles. The van der Waals surface area contributed by atoms with E-state index in [9.17, 15) is 4.79 Å². The van der Waals surface area contributed by atoms with Crippen LogP contribution < -0.4 is 20.9 Å². The van der Waals surface area contributed by atoms with E-state index in [0.717, 1.165) is 22.9 Å². The molecule has 0 fully saturated rings. The number of carbonyl (C=O) groups excluding carboxylic acids is 1. The van der Waals surface area contributed by atoms with Gasteiger partial charge >= 0.3 is 6.09 Å². The predicted octanol–water partition coefficient (Wildman–Crippen LogP) is 3.53. The minimum atomic E-state index is -0.561. The topological polar surface area (TPSA) is 90.9 Å². The molecule has 0 saturated heterocycles. The third-order valence-corrected chi connectivity index (χ3v) is 5.09. The van der Waals surface area contributed by atoms with E-state index in [1.165, 1.54) is 0 Å². The lowest BCUT2D eigenvalue weighted by Gasteiger charge is -2.24. The monoisotopic (exact) mass is 446 g/mol. The highest BCUT2D eigenvalue weighted by Crippen LogP contribution is 2.18. The zero-order valence-corrected chi connectivity index (χ0v) is 20.0. The van der Waals surface area contributed by atoms with Crippen LogP contribution in [0.3, 0.4) is 0 Å². The third-order valence-electron chi connectivity index (χ3n) is 4.03. The van der Waals surface area contributed by atoms with Crippen molar-refractivity contribution in [3.05, 3.63) is 47.0 Å². The summed E-state index contributed by atoms with van der Waals surface area (Å²) in [4.78, 5) is 23.5. The number of guanidine groups is 1. The molecule has 0 radical (unpaired) electrons. The van der Waals surface area contributed by atoms with Gasteiger partial charge in [0.05, 0.1) is 18.3 Å². The van der Waals surface area contributed by atoms with Gasteiger partial charge in [-0.3, -0.25) is 0 Å². The third kappa shape index (κ3) is 8.84. The van der Waals surface area contributed by atoms with Crippen molar-refractivity contribution in [2.75, 3.05) is 32.1 Å². The number of rotatable bonds is 8. The first kappa shape index (κ1) is 24.5. The van der Waals surface area contributed by atoms with Crippen molar-refractivity contribution in [3.8, 4) is 0 Å². The summed E-state index contributed by atoms with van der Waals surface area (Å²) in [6, 6.07) is 9.52. The Morgan fingerprint density at radius 2 is 1.94 bits per heavy atom. The Hall–Kier alpha value is -2.81. The molecule has 2 aromatic rings. The van der Waals surface area contributed by atoms with Crippen LogP contribution in [-0.4, -0.2) is 49.8 Å². The van der Waals surface area contributed by atoms with Gasteiger partial charge in [-0.1, -0.05) is 30.3 Å². The molecule has 1 unspecified atom stereocenters. The van der Waals surface area contributed by atoms with E-state index in [4.69, 9.17) is 4.74 Å². The highest BCUT2D eigenvalue weighted by Gasteiger charge is 2.20. The van der Waals surface area contributed by atoms with Crippen molar-refractivity contribution in [2.24, 2.45) is 4.99 Å². The Morgan fingerprint density at radius 1 is 1.23 bits per heavy atom. The average molecular weight is 447 g/mol. The van der Waals surface area contributed by atoms with Crippen LogP contribution in [0.4, 0.5) is 9.93 Å². The first-order valence-electron chi connectivity index (χ1n) is 10.4. The number of ether oxygens (including phenoxy) is 1. The summed E-state index contributed by atoms with van der Waals surface area (Å²) in [6.45, 7) is 9.19. The number of nitrogens with one attached hydrogen (secondary N) is 3. The van der Waals surface area contributed by atoms with Gasteiger partial charge in [0.1, 0.15) is 5.60 Å². The lowest BCUT2D eigenvalue weighted by molar-refractivity contribution is 0.0504. The van der Waals surface area contributed by atoms with Crippen molar-refractivity contribution in [2.45, 2.75) is 45.9 Å². The average Bonchev–Trinajstić information content (AvgIpc) is 3.17. The maximum absolute atomic E-state index is 12.4. The Bertz CT molecular complexity index is 845. The van der Waals surface area contributed by atoms with Gasteiger partial charge in [0.25, 0.3) is 0 Å². The first-order chi connectivity index (χ1) is 14.7. The number of aromatic nitrogens is 1. The Labute approximate surface area is 189 Å². The molecule has 9 heteroatoms. The predicted molar refractivity (Wildman–Crippen MR) is 128 cm³/mol. The summed E-state index contributed by atoms with van der Waals surface area (Å²) < 4.78 is 5.44. The number of amides is 1. The maximum Gasteiger partial charge on any atom is 0.408 e. The van der Waals surface area contributed by atoms with Crippen LogP contribution >= 0.6 is 11.3 Å². The largest absolute Gasteiger partial charge is 0.444 e. The number of nitrogens with zero attached hydrogens (tertiary/aromatic N) is 3. The van der Waals surface area contributed by atoms with Crippen LogP contribution in [0.25, 0.3) is 0 Å². The molecule has 170 valence electrons. The summed E-state index contributed by atoms with van der Waals surface area (Å²) >= 11 is 1.59. The minimum absolute atomic E-state index is 0.278. The molecule has 0 spiro atoms. The molecule has 3 N–H and O–H groups in total. The Morgan fingerprint density at radius 3 is 2.52 bits per heavy atom. The standard InChI is InChI=1S/C22H34N6O2S/c1-7-23-19(24-13-17-15-31-20(26-17)28(5)6)25-14-18(16-11-9-8-10-12-16)27-21(29)30-22(2,3)4/h8-12,15,18H,7,13-14H2,1-6H3,(H,27,29)(H2,23,24,25). The molecule has 2 rings (SSSR count). The van der Waals surface area contributed by atoms with Crippen LogP contribution in [0, 0.1) is 0 Å². The van der Waals surface area contributed by atoms with E-state index in [1.807, 2.05) is 82.4 Å². The van der Waals surface area contributed by atoms with Crippen LogP contribution in [0.5, 0.6) is 0 Å². The molecule has 1 aromatic carbocycles. The van der Waals surface area contributed by atoms with Crippen LogP contribution in [0.15, 0.2) is 40.7 Å². The fourth-order valence-corrected chi connectivity index (χ4v) is 3.41. The molecule has 1 atom stereocenters. The molecule has 31 heavy (non-hydrogen) atoms. The van der Waals surface area contributed by atoms with Crippen molar-refractivity contribution >= 4 is 28.5 Å². The van der Waals surface area contributed by atoms with Crippen molar-refractivity contribution in [1.29, 1.82) is 0 Å². The van der Waals surface area contributed by atoms with Gasteiger partial charge in [-0.2, -0.15) is 0 Å². The van der Waals surface area contributed by atoms with E-state index >= 15 is 0 Å². The number of alkyl carbamates (subject to hydrolysis) is 1. The second kappa shape index (κ2) is 11.5. The van der Waals surface area contributed by atoms with Gasteiger partial charge in [-0.15, -0.1) is 11.3 Å². The Kier molecular flexibility index (Phi) is 9.11. The van der Waals surface area contributed by atoms with E-state index in [0.29, 0.717) is 19.0 Å². The van der Waals surface area contributed by atoms with Crippen LogP contribution in [0.1, 0.15) is 45.0 Å². The summed E-state index contributed by atoms with van der Waals surface area (Å²) in [5, 5.41) is 12.5. The number of anilines is 1. The lowest BCUT2D eigenvalue weighted by Crippen LogP contribution is -2.44. The van der Waals surface area contributed by atoms with Crippen molar-refractivity contribution in [3.63, 3.8) is 0 Å². The molecule has 0 saturated carbocycles. The van der Waals surface area contributed by atoms with Gasteiger partial charge in [-0.05, 0) is 33.3 Å². The molecule has 1 amide bonds. The zero-order chi connectivity index (χ0) is 22.9. The first-order valence-corrected chi connectivity index (χ1v) is 11.2. The summed E-state index contributed by atoms with van der Waals surface area (Å²) in [6.07, 6.45) is -0.455. The summed E-state index contributed by atoms with van der Waals surface area (Å²) in [7, 11) is 3.94. The molecular formula is C22H34N6O2S. The Balaban J connectivity index is 2.07. The quantitative estimate of drug-likeness (QED) is 0.424. The molecule has 0 aliphatic rings. The van der Waals surface area contributed by atoms with Crippen LogP contribution in [-0.2, 0) is 11.3 Å². The second-order valence-electron chi connectivity index (χ2n) is 8.20. The van der Waals surface area contributed by atoms with E-state index < -0.39 is 11.7 Å². The van der Waals surface area contributed by atoms with Gasteiger partial charge < -0.3 is 25.6 Å². The van der Waals surface area contributed by atoms with E-state index in [2.05, 4.69) is 25.9 Å². The summed E-state index contributed by atoms with van der Waals surface area (Å²) in [5.74, 6) is 0.661. The van der Waals surface area contributed by atoms with Crippen LogP contribution in [0.2, 0.25) is 0 Å². The molecule has 0 aliphatic carbocycles. The molecule has 0 bridgehead atoms. The van der Waals surface area contributed by atoms with E-state index in [1.54, 1.807) is 11.3 Å². The molecular weight excluding hydrogens is 412 g/mol. The second-order valence-corrected chi connectivity index (χ2v) is 9.04. The fraction of sp³-hybridized carbons (Fsp3) is 0.500. The van der Waals surface area contributed by atoms with Gasteiger partial charge in [0, 0.05) is 32.6 Å². The fourth-order valence-electron chi connectivity index (χ4n) is 2.66. The van der Waals surface area contributed by atoms with Crippen molar-refractivity contribution < 1.29 is 9.53 Å². The number of thiazole rings is 1. The number of hydrogen-bond acceptors (Lipinski definition) is 6. The molecule has 8 nitrogen and oxygen atoms in total.